The molecule has 0 aliphatic heterocycles. The number of rotatable bonds is 2. The molecule has 0 unspecified atom stereocenters. The molecule has 1 aromatic carbocycles. The van der Waals surface area contributed by atoms with Gasteiger partial charge < -0.3 is 14.4 Å². The maximum atomic E-state index is 11.8. The number of esters is 1. The highest BCUT2D eigenvalue weighted by Gasteiger charge is 2.28. The highest BCUT2D eigenvalue weighted by atomic mass is 16.5. The molecule has 2 aromatic rings. The smallest absolute Gasteiger partial charge is 0.360 e. The fourth-order valence-electron chi connectivity index (χ4n) is 2.37. The van der Waals surface area contributed by atoms with E-state index in [-0.39, 0.29) is 11.4 Å². The highest BCUT2D eigenvalue weighted by molar-refractivity contribution is 5.91. The van der Waals surface area contributed by atoms with Gasteiger partial charge in [-0.3, -0.25) is 0 Å². The van der Waals surface area contributed by atoms with Crippen LogP contribution in [-0.4, -0.2) is 22.8 Å². The number of phenolic OH excluding ortho intramolecular Hbond substituents is 1. The van der Waals surface area contributed by atoms with Crippen molar-refractivity contribution in [3.8, 4) is 17.1 Å². The standard InChI is InChI=1S/C14H13NO4/c1-2-18-14(17)12-10-6-4-8-3-5-9(16)7-11(8)13(10)19-15-12/h3,5,7,16H,2,4,6H2,1H3. The molecule has 19 heavy (non-hydrogen) atoms. The molecule has 0 bridgehead atoms. The lowest BCUT2D eigenvalue weighted by Crippen LogP contribution is -2.10. The Bertz CT molecular complexity index is 645. The van der Waals surface area contributed by atoms with Crippen molar-refractivity contribution in [1.29, 1.82) is 0 Å². The molecular formula is C14H13NO4. The number of aromatic nitrogens is 1. The van der Waals surface area contributed by atoms with Crippen LogP contribution in [0.15, 0.2) is 22.7 Å². The minimum absolute atomic E-state index is 0.167. The molecular weight excluding hydrogens is 246 g/mol. The lowest BCUT2D eigenvalue weighted by molar-refractivity contribution is 0.0513. The Balaban J connectivity index is 2.09. The van der Waals surface area contributed by atoms with Crippen LogP contribution in [0.5, 0.6) is 5.75 Å². The zero-order valence-corrected chi connectivity index (χ0v) is 10.5. The number of aromatic hydroxyl groups is 1. The lowest BCUT2D eigenvalue weighted by Gasteiger charge is -2.14. The van der Waals surface area contributed by atoms with Crippen molar-refractivity contribution in [3.63, 3.8) is 0 Å². The first kappa shape index (κ1) is 11.8. The van der Waals surface area contributed by atoms with Gasteiger partial charge in [0.05, 0.1) is 6.61 Å². The topological polar surface area (TPSA) is 72.6 Å². The highest BCUT2D eigenvalue weighted by Crippen LogP contribution is 2.37. The van der Waals surface area contributed by atoms with Crippen LogP contribution in [0.25, 0.3) is 11.3 Å². The second-order valence-electron chi connectivity index (χ2n) is 4.40. The minimum atomic E-state index is -0.462. The number of fused-ring (bicyclic) bond motifs is 3. The molecule has 5 nitrogen and oxygen atoms in total. The van der Waals surface area contributed by atoms with Crippen LogP contribution >= 0.6 is 0 Å². The van der Waals surface area contributed by atoms with Crippen LogP contribution in [0.4, 0.5) is 0 Å². The Labute approximate surface area is 109 Å². The predicted molar refractivity (Wildman–Crippen MR) is 67.0 cm³/mol. The third-order valence-electron chi connectivity index (χ3n) is 3.24. The molecule has 3 rings (SSSR count). The normalized spacial score (nSPS) is 12.7. The molecule has 1 N–H and O–H groups in total. The Morgan fingerprint density at radius 1 is 1.47 bits per heavy atom. The number of ether oxygens (including phenoxy) is 1. The summed E-state index contributed by atoms with van der Waals surface area (Å²) in [5, 5.41) is 13.4. The third kappa shape index (κ3) is 1.87. The van der Waals surface area contributed by atoms with Crippen molar-refractivity contribution in [2.24, 2.45) is 0 Å². The average Bonchev–Trinajstić information content (AvgIpc) is 2.83. The molecule has 98 valence electrons. The van der Waals surface area contributed by atoms with Crippen molar-refractivity contribution >= 4 is 5.97 Å². The summed E-state index contributed by atoms with van der Waals surface area (Å²) >= 11 is 0. The minimum Gasteiger partial charge on any atom is -0.508 e. The van der Waals surface area contributed by atoms with Gasteiger partial charge >= 0.3 is 5.97 Å². The number of phenols is 1. The molecule has 5 heteroatoms. The molecule has 0 spiro atoms. The monoisotopic (exact) mass is 259 g/mol. The summed E-state index contributed by atoms with van der Waals surface area (Å²) in [7, 11) is 0. The van der Waals surface area contributed by atoms with E-state index < -0.39 is 5.97 Å². The van der Waals surface area contributed by atoms with Gasteiger partial charge in [0.15, 0.2) is 11.5 Å². The van der Waals surface area contributed by atoms with Crippen LogP contribution in [-0.2, 0) is 17.6 Å². The van der Waals surface area contributed by atoms with E-state index in [1.165, 1.54) is 0 Å². The Morgan fingerprint density at radius 2 is 2.32 bits per heavy atom. The van der Waals surface area contributed by atoms with Crippen LogP contribution in [0.1, 0.15) is 28.5 Å². The van der Waals surface area contributed by atoms with Crippen LogP contribution < -0.4 is 0 Å². The zero-order valence-electron chi connectivity index (χ0n) is 10.5. The van der Waals surface area contributed by atoms with Gasteiger partial charge in [-0.05, 0) is 37.5 Å². The summed E-state index contributed by atoms with van der Waals surface area (Å²) < 4.78 is 10.2. The summed E-state index contributed by atoms with van der Waals surface area (Å²) in [4.78, 5) is 11.8. The molecule has 1 aliphatic rings. The fourth-order valence-corrected chi connectivity index (χ4v) is 2.37. The van der Waals surface area contributed by atoms with E-state index in [9.17, 15) is 9.90 Å². The number of hydrogen-bond acceptors (Lipinski definition) is 5. The van der Waals surface area contributed by atoms with Crippen molar-refractivity contribution in [2.45, 2.75) is 19.8 Å². The van der Waals surface area contributed by atoms with E-state index >= 15 is 0 Å². The summed E-state index contributed by atoms with van der Waals surface area (Å²) in [5.74, 6) is 0.261. The molecule has 0 amide bonds. The number of aryl methyl sites for hydroxylation is 1. The first-order chi connectivity index (χ1) is 9.20. The van der Waals surface area contributed by atoms with Gasteiger partial charge in [0, 0.05) is 11.1 Å². The maximum Gasteiger partial charge on any atom is 0.360 e. The van der Waals surface area contributed by atoms with E-state index in [0.29, 0.717) is 18.8 Å². The Morgan fingerprint density at radius 3 is 3.11 bits per heavy atom. The van der Waals surface area contributed by atoms with Gasteiger partial charge in [0.25, 0.3) is 0 Å². The second kappa shape index (κ2) is 4.42. The van der Waals surface area contributed by atoms with E-state index in [2.05, 4.69) is 5.16 Å². The molecule has 1 aliphatic carbocycles. The van der Waals surface area contributed by atoms with Crippen molar-refractivity contribution < 1.29 is 19.2 Å². The van der Waals surface area contributed by atoms with Gasteiger partial charge in [-0.1, -0.05) is 11.2 Å². The Hall–Kier alpha value is -2.30. The zero-order chi connectivity index (χ0) is 13.4. The molecule has 0 atom stereocenters. The number of carbonyl (C=O) groups excluding carboxylic acids is 1. The number of hydrogen-bond donors (Lipinski definition) is 1. The summed E-state index contributed by atoms with van der Waals surface area (Å²) in [6, 6.07) is 5.14. The molecule has 0 saturated heterocycles. The quantitative estimate of drug-likeness (QED) is 0.838. The van der Waals surface area contributed by atoms with Crippen LogP contribution in [0, 0.1) is 0 Å². The number of carbonyl (C=O) groups is 1. The summed E-state index contributed by atoms with van der Waals surface area (Å²) in [6.45, 7) is 2.05. The fraction of sp³-hybridized carbons (Fsp3) is 0.286. The molecule has 0 saturated carbocycles. The van der Waals surface area contributed by atoms with E-state index in [4.69, 9.17) is 9.26 Å². The van der Waals surface area contributed by atoms with Crippen LogP contribution in [0.3, 0.4) is 0 Å². The summed E-state index contributed by atoms with van der Waals surface area (Å²) in [6.07, 6.45) is 1.47. The molecule has 0 radical (unpaired) electrons. The molecule has 1 heterocycles. The third-order valence-corrected chi connectivity index (χ3v) is 3.24. The second-order valence-corrected chi connectivity index (χ2v) is 4.40. The first-order valence-corrected chi connectivity index (χ1v) is 6.18. The van der Waals surface area contributed by atoms with Gasteiger partial charge in [-0.15, -0.1) is 0 Å². The number of nitrogens with zero attached hydrogens (tertiary/aromatic N) is 1. The maximum absolute atomic E-state index is 11.8. The van der Waals surface area contributed by atoms with E-state index in [1.807, 2.05) is 6.07 Å². The van der Waals surface area contributed by atoms with E-state index in [0.717, 1.165) is 23.1 Å². The SMILES string of the molecule is CCOC(=O)c1noc2c1CCc1ccc(O)cc1-2. The Kier molecular flexibility index (Phi) is 2.74. The van der Waals surface area contributed by atoms with Gasteiger partial charge in [-0.25, -0.2) is 4.79 Å². The average molecular weight is 259 g/mol. The largest absolute Gasteiger partial charge is 0.508 e. The van der Waals surface area contributed by atoms with Gasteiger partial charge in [0.2, 0.25) is 0 Å². The van der Waals surface area contributed by atoms with Crippen molar-refractivity contribution in [2.75, 3.05) is 6.61 Å². The van der Waals surface area contributed by atoms with Crippen molar-refractivity contribution in [3.05, 3.63) is 35.0 Å². The number of benzene rings is 1. The first-order valence-electron chi connectivity index (χ1n) is 6.18. The van der Waals surface area contributed by atoms with Gasteiger partial charge in [-0.2, -0.15) is 0 Å². The molecule has 0 fully saturated rings. The predicted octanol–water partition coefficient (Wildman–Crippen LogP) is 2.32. The molecule has 1 aromatic heterocycles. The van der Waals surface area contributed by atoms with E-state index in [1.54, 1.807) is 19.1 Å². The lowest BCUT2D eigenvalue weighted by atomic mass is 9.89. The van der Waals surface area contributed by atoms with Crippen molar-refractivity contribution in [1.82, 2.24) is 5.16 Å². The van der Waals surface area contributed by atoms with Gasteiger partial charge in [0.1, 0.15) is 5.75 Å². The van der Waals surface area contributed by atoms with Crippen LogP contribution in [0.2, 0.25) is 0 Å². The summed E-state index contributed by atoms with van der Waals surface area (Å²) in [5.41, 5.74) is 2.88.